The maximum atomic E-state index is 12.9. The van der Waals surface area contributed by atoms with Crippen LogP contribution in [0.3, 0.4) is 0 Å². The summed E-state index contributed by atoms with van der Waals surface area (Å²) >= 11 is 0. The average Bonchev–Trinajstić information content (AvgIpc) is 2.79. The second-order valence-corrected chi connectivity index (χ2v) is 7.25. The van der Waals surface area contributed by atoms with Crippen molar-refractivity contribution in [3.05, 3.63) is 41.0 Å². The van der Waals surface area contributed by atoms with E-state index in [1.165, 1.54) is 0 Å². The summed E-state index contributed by atoms with van der Waals surface area (Å²) in [6.07, 6.45) is 2.96. The molecule has 0 saturated heterocycles. The Hall–Kier alpha value is -1.70. The lowest BCUT2D eigenvalue weighted by Gasteiger charge is -2.31. The van der Waals surface area contributed by atoms with Crippen LogP contribution in [0.25, 0.3) is 5.57 Å². The predicted octanol–water partition coefficient (Wildman–Crippen LogP) is 4.30. The molecule has 0 N–H and O–H groups in total. The third kappa shape index (κ3) is 1.71. The van der Waals surface area contributed by atoms with Gasteiger partial charge in [0, 0.05) is 16.6 Å². The summed E-state index contributed by atoms with van der Waals surface area (Å²) in [4.78, 5) is 23.7. The van der Waals surface area contributed by atoms with Crippen molar-refractivity contribution >= 4 is 17.6 Å². The summed E-state index contributed by atoms with van der Waals surface area (Å²) in [6, 6.07) is 7.52. The van der Waals surface area contributed by atoms with Gasteiger partial charge >= 0.3 is 0 Å². The fraction of sp³-hybridized carbons (Fsp3) is 0.474. The normalized spacial score (nSPS) is 32.4. The van der Waals surface area contributed by atoms with E-state index in [0.29, 0.717) is 17.3 Å². The summed E-state index contributed by atoms with van der Waals surface area (Å²) in [5.74, 6) is 0.696. The van der Waals surface area contributed by atoms with Crippen LogP contribution in [0.5, 0.6) is 0 Å². The molecule has 2 atom stereocenters. The molecule has 0 aromatic heterocycles. The third-order valence-electron chi connectivity index (χ3n) is 6.20. The first-order chi connectivity index (χ1) is 9.83. The molecule has 3 rings (SSSR count). The molecule has 2 nitrogen and oxygen atoms in total. The van der Waals surface area contributed by atoms with Crippen LogP contribution < -0.4 is 0 Å². The van der Waals surface area contributed by atoms with E-state index in [1.54, 1.807) is 0 Å². The monoisotopic (exact) mass is 282 g/mol. The molecule has 1 aromatic rings. The standard InChI is InChI=1S/C19H22O2/c1-12(14-7-5-13(11-20)6-8-14)16-15-9-10-19(4,17(16)21)18(15,2)3/h5-8,11,15H,9-10H2,1-4H3. The Morgan fingerprint density at radius 3 is 2.29 bits per heavy atom. The first kappa shape index (κ1) is 14.2. The van der Waals surface area contributed by atoms with Gasteiger partial charge in [-0.2, -0.15) is 0 Å². The molecule has 2 bridgehead atoms. The maximum absolute atomic E-state index is 12.9. The molecule has 0 spiro atoms. The first-order valence-electron chi connectivity index (χ1n) is 7.64. The molecule has 0 radical (unpaired) electrons. The minimum Gasteiger partial charge on any atom is -0.298 e. The summed E-state index contributed by atoms with van der Waals surface area (Å²) in [7, 11) is 0. The Labute approximate surface area is 126 Å². The molecule has 2 heteroatoms. The average molecular weight is 282 g/mol. The number of fused-ring (bicyclic) bond motifs is 2. The SMILES string of the molecule is CC(=C1C(=O)C2(C)CCC1C2(C)C)c1ccc(C=O)cc1. The van der Waals surface area contributed by atoms with Gasteiger partial charge in [0.1, 0.15) is 6.29 Å². The molecule has 2 unspecified atom stereocenters. The number of carbonyl (C=O) groups excluding carboxylic acids is 2. The minimum absolute atomic E-state index is 0.0451. The van der Waals surface area contributed by atoms with Gasteiger partial charge in [0.2, 0.25) is 0 Å². The smallest absolute Gasteiger partial charge is 0.165 e. The van der Waals surface area contributed by atoms with Crippen LogP contribution >= 0.6 is 0 Å². The highest BCUT2D eigenvalue weighted by Crippen LogP contribution is 2.66. The topological polar surface area (TPSA) is 34.1 Å². The van der Waals surface area contributed by atoms with Crippen molar-refractivity contribution in [3.63, 3.8) is 0 Å². The highest BCUT2D eigenvalue weighted by atomic mass is 16.1. The van der Waals surface area contributed by atoms with Gasteiger partial charge in [-0.1, -0.05) is 45.0 Å². The van der Waals surface area contributed by atoms with Gasteiger partial charge in [0.15, 0.2) is 5.78 Å². The predicted molar refractivity (Wildman–Crippen MR) is 84.0 cm³/mol. The maximum Gasteiger partial charge on any atom is 0.165 e. The van der Waals surface area contributed by atoms with Crippen LogP contribution in [0.1, 0.15) is 56.5 Å². The fourth-order valence-electron chi connectivity index (χ4n) is 4.27. The van der Waals surface area contributed by atoms with Gasteiger partial charge in [0.05, 0.1) is 0 Å². The number of aldehydes is 1. The number of hydrogen-bond donors (Lipinski definition) is 0. The highest BCUT2D eigenvalue weighted by molar-refractivity contribution is 6.10. The van der Waals surface area contributed by atoms with Gasteiger partial charge in [-0.15, -0.1) is 0 Å². The summed E-state index contributed by atoms with van der Waals surface area (Å²) < 4.78 is 0. The van der Waals surface area contributed by atoms with E-state index in [-0.39, 0.29) is 10.8 Å². The van der Waals surface area contributed by atoms with Crippen LogP contribution in [0.15, 0.2) is 29.8 Å². The van der Waals surface area contributed by atoms with Gasteiger partial charge in [-0.3, -0.25) is 9.59 Å². The van der Waals surface area contributed by atoms with Crippen molar-refractivity contribution in [1.29, 1.82) is 0 Å². The quantitative estimate of drug-likeness (QED) is 0.598. The van der Waals surface area contributed by atoms with Crippen LogP contribution in [0, 0.1) is 16.7 Å². The molecule has 0 amide bonds. The number of allylic oxidation sites excluding steroid dienone is 2. The van der Waals surface area contributed by atoms with Crippen LogP contribution in [0.4, 0.5) is 0 Å². The van der Waals surface area contributed by atoms with E-state index in [1.807, 2.05) is 31.2 Å². The zero-order valence-electron chi connectivity index (χ0n) is 13.2. The number of rotatable bonds is 2. The van der Waals surface area contributed by atoms with Crippen LogP contribution in [-0.4, -0.2) is 12.1 Å². The lowest BCUT2D eigenvalue weighted by molar-refractivity contribution is -0.125. The van der Waals surface area contributed by atoms with Gasteiger partial charge in [-0.25, -0.2) is 0 Å². The summed E-state index contributed by atoms with van der Waals surface area (Å²) in [5.41, 5.74) is 3.66. The lowest BCUT2D eigenvalue weighted by atomic mass is 9.70. The highest BCUT2D eigenvalue weighted by Gasteiger charge is 2.64. The molecule has 1 aromatic carbocycles. The van der Waals surface area contributed by atoms with Crippen molar-refractivity contribution in [3.8, 4) is 0 Å². The molecular weight excluding hydrogens is 260 g/mol. The zero-order valence-corrected chi connectivity index (χ0v) is 13.2. The number of Topliss-reactive ketones (excluding diaryl/α,β-unsaturated/α-hetero) is 1. The zero-order chi connectivity index (χ0) is 15.4. The summed E-state index contributed by atoms with van der Waals surface area (Å²) in [5, 5.41) is 0. The molecule has 0 aliphatic heterocycles. The molecule has 110 valence electrons. The summed E-state index contributed by atoms with van der Waals surface area (Å²) in [6.45, 7) is 8.64. The Balaban J connectivity index is 2.10. The van der Waals surface area contributed by atoms with Crippen LogP contribution in [0.2, 0.25) is 0 Å². The lowest BCUT2D eigenvalue weighted by Crippen LogP contribution is -2.32. The van der Waals surface area contributed by atoms with E-state index in [0.717, 1.165) is 35.8 Å². The van der Waals surface area contributed by atoms with Crippen molar-refractivity contribution in [2.75, 3.05) is 0 Å². The number of ketones is 1. The number of carbonyl (C=O) groups is 2. The number of benzene rings is 1. The van der Waals surface area contributed by atoms with Crippen molar-refractivity contribution in [2.45, 2.75) is 40.5 Å². The fourth-order valence-corrected chi connectivity index (χ4v) is 4.27. The number of hydrogen-bond acceptors (Lipinski definition) is 2. The second-order valence-electron chi connectivity index (χ2n) is 7.25. The van der Waals surface area contributed by atoms with E-state index in [2.05, 4.69) is 20.8 Å². The third-order valence-corrected chi connectivity index (χ3v) is 6.20. The van der Waals surface area contributed by atoms with E-state index in [9.17, 15) is 9.59 Å². The van der Waals surface area contributed by atoms with Gasteiger partial charge in [0.25, 0.3) is 0 Å². The van der Waals surface area contributed by atoms with Crippen molar-refractivity contribution < 1.29 is 9.59 Å². The Morgan fingerprint density at radius 2 is 1.81 bits per heavy atom. The van der Waals surface area contributed by atoms with Crippen molar-refractivity contribution in [2.24, 2.45) is 16.7 Å². The van der Waals surface area contributed by atoms with E-state index in [4.69, 9.17) is 0 Å². The molecule has 2 saturated carbocycles. The Bertz CT molecular complexity index is 649. The largest absolute Gasteiger partial charge is 0.298 e. The van der Waals surface area contributed by atoms with E-state index >= 15 is 0 Å². The second kappa shape index (κ2) is 4.40. The molecular formula is C19H22O2. The van der Waals surface area contributed by atoms with Crippen molar-refractivity contribution in [1.82, 2.24) is 0 Å². The van der Waals surface area contributed by atoms with E-state index < -0.39 is 0 Å². The Kier molecular flexibility index (Phi) is 2.98. The first-order valence-corrected chi connectivity index (χ1v) is 7.64. The minimum atomic E-state index is -0.211. The molecule has 2 aliphatic rings. The molecule has 21 heavy (non-hydrogen) atoms. The molecule has 2 aliphatic carbocycles. The molecule has 2 fully saturated rings. The molecule has 0 heterocycles. The van der Waals surface area contributed by atoms with Gasteiger partial charge < -0.3 is 0 Å². The van der Waals surface area contributed by atoms with Crippen LogP contribution in [-0.2, 0) is 4.79 Å². The van der Waals surface area contributed by atoms with Gasteiger partial charge in [-0.05, 0) is 42.2 Å². The Morgan fingerprint density at radius 1 is 1.19 bits per heavy atom.